The molecule has 4 nitrogen and oxygen atoms in total. The Labute approximate surface area is 90.1 Å². The molecule has 0 aliphatic carbocycles. The Morgan fingerprint density at radius 2 is 2.00 bits per heavy atom. The summed E-state index contributed by atoms with van der Waals surface area (Å²) in [4.78, 5) is 22.1. The van der Waals surface area contributed by atoms with Gasteiger partial charge in [-0.2, -0.15) is 0 Å². The Morgan fingerprint density at radius 1 is 1.43 bits per heavy atom. The maximum Gasteiger partial charge on any atom is 0.347 e. The number of aliphatic carboxylic acids is 1. The highest BCUT2D eigenvalue weighted by molar-refractivity contribution is 8.25. The van der Waals surface area contributed by atoms with E-state index in [-0.39, 0.29) is 12.2 Å². The van der Waals surface area contributed by atoms with Gasteiger partial charge in [0, 0.05) is 11.5 Å². The minimum atomic E-state index is -1.21. The topological polar surface area (TPSA) is 63.6 Å². The van der Waals surface area contributed by atoms with Gasteiger partial charge in [0.25, 0.3) is 0 Å². The molecule has 6 heteroatoms. The molecule has 0 amide bonds. The van der Waals surface area contributed by atoms with Gasteiger partial charge in [0.1, 0.15) is 0 Å². The minimum Gasteiger partial charge on any atom is -0.477 e. The fourth-order valence-electron chi connectivity index (χ4n) is 0.916. The van der Waals surface area contributed by atoms with Crippen LogP contribution in [-0.4, -0.2) is 35.2 Å². The highest BCUT2D eigenvalue weighted by atomic mass is 32.2. The Morgan fingerprint density at radius 3 is 2.43 bits per heavy atom. The summed E-state index contributed by atoms with van der Waals surface area (Å²) in [5.41, 5.74) is -0.223. The van der Waals surface area contributed by atoms with Gasteiger partial charge in [0.15, 0.2) is 5.57 Å². The van der Waals surface area contributed by atoms with E-state index < -0.39 is 11.9 Å². The number of carboxylic acids is 1. The molecule has 0 unspecified atom stereocenters. The van der Waals surface area contributed by atoms with Crippen molar-refractivity contribution in [3.05, 3.63) is 9.81 Å². The maximum absolute atomic E-state index is 11.3. The van der Waals surface area contributed by atoms with E-state index in [0.717, 1.165) is 11.5 Å². The quantitative estimate of drug-likeness (QED) is 0.344. The van der Waals surface area contributed by atoms with Crippen LogP contribution in [0.15, 0.2) is 9.81 Å². The Hall–Kier alpha value is -0.620. The molecular weight excluding hydrogens is 224 g/mol. The van der Waals surface area contributed by atoms with Crippen LogP contribution < -0.4 is 0 Å². The molecule has 0 spiro atoms. The standard InChI is InChI=1S/C8H10O4S2/c1-2-12-7(11)5(6(9)10)8-13-3-4-14-8/h2-4H2,1H3,(H,9,10). The van der Waals surface area contributed by atoms with Crippen molar-refractivity contribution in [3.63, 3.8) is 0 Å². The van der Waals surface area contributed by atoms with E-state index in [0.29, 0.717) is 4.24 Å². The van der Waals surface area contributed by atoms with Crippen molar-refractivity contribution in [2.75, 3.05) is 18.1 Å². The first kappa shape index (κ1) is 11.5. The van der Waals surface area contributed by atoms with E-state index in [1.807, 2.05) is 0 Å². The fraction of sp³-hybridized carbons (Fsp3) is 0.500. The first-order valence-electron chi connectivity index (χ1n) is 4.07. The van der Waals surface area contributed by atoms with Crippen molar-refractivity contribution in [2.24, 2.45) is 0 Å². The number of carboxylic acid groups (broad SMARTS) is 1. The van der Waals surface area contributed by atoms with Gasteiger partial charge in [0.05, 0.1) is 10.8 Å². The lowest BCUT2D eigenvalue weighted by atomic mass is 10.3. The summed E-state index contributed by atoms with van der Waals surface area (Å²) in [7, 11) is 0. The Bertz CT molecular complexity index is 277. The number of esters is 1. The number of carbonyl (C=O) groups is 2. The maximum atomic E-state index is 11.3. The summed E-state index contributed by atoms with van der Waals surface area (Å²) in [6, 6.07) is 0. The molecule has 1 fully saturated rings. The molecule has 14 heavy (non-hydrogen) atoms. The average molecular weight is 234 g/mol. The zero-order valence-electron chi connectivity index (χ0n) is 7.61. The normalized spacial score (nSPS) is 15.4. The number of carbonyl (C=O) groups excluding carboxylic acids is 1. The van der Waals surface area contributed by atoms with Gasteiger partial charge in [-0.25, -0.2) is 9.59 Å². The molecule has 0 bridgehead atoms. The second kappa shape index (κ2) is 5.31. The number of hydrogen-bond donors (Lipinski definition) is 1. The predicted octanol–water partition coefficient (Wildman–Crippen LogP) is 1.33. The van der Waals surface area contributed by atoms with Gasteiger partial charge in [-0.05, 0) is 6.92 Å². The van der Waals surface area contributed by atoms with E-state index in [1.165, 1.54) is 23.5 Å². The first-order chi connectivity index (χ1) is 6.66. The van der Waals surface area contributed by atoms with Crippen LogP contribution in [0.4, 0.5) is 0 Å². The van der Waals surface area contributed by atoms with Crippen molar-refractivity contribution >= 4 is 35.5 Å². The van der Waals surface area contributed by atoms with E-state index in [1.54, 1.807) is 6.92 Å². The molecule has 1 heterocycles. The van der Waals surface area contributed by atoms with Gasteiger partial charge in [-0.15, -0.1) is 23.5 Å². The minimum absolute atomic E-state index is 0.193. The van der Waals surface area contributed by atoms with Gasteiger partial charge in [-0.1, -0.05) is 0 Å². The predicted molar refractivity (Wildman–Crippen MR) is 56.2 cm³/mol. The average Bonchev–Trinajstić information content (AvgIpc) is 2.57. The molecule has 1 rings (SSSR count). The zero-order chi connectivity index (χ0) is 10.6. The van der Waals surface area contributed by atoms with Crippen LogP contribution in [0.2, 0.25) is 0 Å². The van der Waals surface area contributed by atoms with Crippen LogP contribution in [0.3, 0.4) is 0 Å². The van der Waals surface area contributed by atoms with Crippen molar-refractivity contribution < 1.29 is 19.4 Å². The van der Waals surface area contributed by atoms with Gasteiger partial charge in [-0.3, -0.25) is 0 Å². The van der Waals surface area contributed by atoms with Gasteiger partial charge in [0.2, 0.25) is 0 Å². The summed E-state index contributed by atoms with van der Waals surface area (Å²) >= 11 is 2.79. The third-order valence-corrected chi connectivity index (χ3v) is 4.16. The van der Waals surface area contributed by atoms with E-state index >= 15 is 0 Å². The largest absolute Gasteiger partial charge is 0.477 e. The molecule has 0 aromatic carbocycles. The summed E-state index contributed by atoms with van der Waals surface area (Å²) in [6.07, 6.45) is 0. The van der Waals surface area contributed by atoms with E-state index in [9.17, 15) is 9.59 Å². The molecule has 1 aliphatic heterocycles. The molecule has 1 N–H and O–H groups in total. The van der Waals surface area contributed by atoms with Crippen molar-refractivity contribution in [1.29, 1.82) is 0 Å². The van der Waals surface area contributed by atoms with E-state index in [4.69, 9.17) is 5.11 Å². The van der Waals surface area contributed by atoms with Gasteiger partial charge < -0.3 is 9.84 Å². The lowest BCUT2D eigenvalue weighted by Gasteiger charge is -2.04. The molecular formula is C8H10O4S2. The van der Waals surface area contributed by atoms with Crippen LogP contribution in [0.1, 0.15) is 6.92 Å². The van der Waals surface area contributed by atoms with Crippen LogP contribution in [0.5, 0.6) is 0 Å². The Kier molecular flexibility index (Phi) is 4.34. The van der Waals surface area contributed by atoms with Crippen molar-refractivity contribution in [2.45, 2.75) is 6.92 Å². The highest BCUT2D eigenvalue weighted by Gasteiger charge is 2.26. The Balaban J connectivity index is 2.88. The molecule has 0 atom stereocenters. The number of hydrogen-bond acceptors (Lipinski definition) is 5. The third-order valence-electron chi connectivity index (χ3n) is 1.45. The first-order valence-corrected chi connectivity index (χ1v) is 6.04. The van der Waals surface area contributed by atoms with Crippen LogP contribution in [0.25, 0.3) is 0 Å². The lowest BCUT2D eigenvalue weighted by Crippen LogP contribution is -2.16. The summed E-state index contributed by atoms with van der Waals surface area (Å²) in [6.45, 7) is 1.84. The monoisotopic (exact) mass is 234 g/mol. The van der Waals surface area contributed by atoms with Crippen LogP contribution in [-0.2, 0) is 14.3 Å². The van der Waals surface area contributed by atoms with Gasteiger partial charge >= 0.3 is 11.9 Å². The summed E-state index contributed by atoms with van der Waals surface area (Å²) < 4.78 is 5.24. The molecule has 0 saturated carbocycles. The van der Waals surface area contributed by atoms with Crippen LogP contribution >= 0.6 is 23.5 Å². The summed E-state index contributed by atoms with van der Waals surface area (Å²) in [5, 5.41) is 8.85. The third kappa shape index (κ3) is 2.68. The number of thioether (sulfide) groups is 2. The second-order valence-electron chi connectivity index (χ2n) is 2.39. The summed E-state index contributed by atoms with van der Waals surface area (Å²) in [5.74, 6) is -0.260. The smallest absolute Gasteiger partial charge is 0.347 e. The molecule has 1 saturated heterocycles. The molecule has 1 aliphatic rings. The molecule has 0 aromatic heterocycles. The number of rotatable bonds is 3. The SMILES string of the molecule is CCOC(=O)C(C(=O)O)=C1SCCS1. The van der Waals surface area contributed by atoms with E-state index in [2.05, 4.69) is 4.74 Å². The molecule has 78 valence electrons. The molecule has 0 radical (unpaired) electrons. The molecule has 0 aromatic rings. The van der Waals surface area contributed by atoms with Crippen LogP contribution in [0, 0.1) is 0 Å². The van der Waals surface area contributed by atoms with Crippen molar-refractivity contribution in [3.8, 4) is 0 Å². The highest BCUT2D eigenvalue weighted by Crippen LogP contribution is 2.38. The number of ether oxygens (including phenoxy) is 1. The van der Waals surface area contributed by atoms with Crippen molar-refractivity contribution in [1.82, 2.24) is 0 Å². The fourth-order valence-corrected chi connectivity index (χ4v) is 3.42. The lowest BCUT2D eigenvalue weighted by molar-refractivity contribution is -0.143. The second-order valence-corrected chi connectivity index (χ2v) is 4.85. The zero-order valence-corrected chi connectivity index (χ0v) is 9.24.